The molecule has 1 fully saturated rings. The minimum Gasteiger partial charge on any atom is -0.323 e. The van der Waals surface area contributed by atoms with Gasteiger partial charge in [-0.15, -0.1) is 0 Å². The third kappa shape index (κ3) is 3.76. The fraction of sp³-hybridized carbons (Fsp3) is 0.625. The van der Waals surface area contributed by atoms with Gasteiger partial charge in [0.05, 0.1) is 0 Å². The van der Waals surface area contributed by atoms with Gasteiger partial charge in [0, 0.05) is 16.5 Å². The molecule has 0 bridgehead atoms. The van der Waals surface area contributed by atoms with Crippen molar-refractivity contribution in [2.24, 2.45) is 5.73 Å². The number of hydrogen-bond donors (Lipinski definition) is 1. The molecule has 18 heavy (non-hydrogen) atoms. The van der Waals surface area contributed by atoms with Gasteiger partial charge in [-0.2, -0.15) is 11.8 Å². The zero-order valence-corrected chi connectivity index (χ0v) is 12.6. The third-order valence-electron chi connectivity index (χ3n) is 3.64. The number of hydrogen-bond acceptors (Lipinski definition) is 2. The van der Waals surface area contributed by atoms with Crippen molar-refractivity contribution in [2.75, 3.05) is 5.75 Å². The van der Waals surface area contributed by atoms with E-state index in [1.165, 1.54) is 30.4 Å². The van der Waals surface area contributed by atoms with E-state index < -0.39 is 0 Å². The zero-order valence-electron chi connectivity index (χ0n) is 11.8. The highest BCUT2D eigenvalue weighted by Crippen LogP contribution is 2.36. The third-order valence-corrected chi connectivity index (χ3v) is 5.03. The largest absolute Gasteiger partial charge is 0.323 e. The van der Waals surface area contributed by atoms with Crippen LogP contribution in [-0.4, -0.2) is 10.5 Å². The van der Waals surface area contributed by atoms with Gasteiger partial charge in [0.15, 0.2) is 0 Å². The van der Waals surface area contributed by atoms with Gasteiger partial charge in [-0.25, -0.2) is 0 Å². The van der Waals surface area contributed by atoms with Crippen molar-refractivity contribution < 1.29 is 0 Å². The molecule has 1 aromatic rings. The Kier molecular flexibility index (Phi) is 4.39. The summed E-state index contributed by atoms with van der Waals surface area (Å²) in [4.78, 5) is 0. The van der Waals surface area contributed by atoms with Crippen LogP contribution >= 0.6 is 11.8 Å². The molecule has 2 rings (SSSR count). The minimum atomic E-state index is 0.157. The Labute approximate surface area is 116 Å². The van der Waals surface area contributed by atoms with E-state index in [1.54, 1.807) is 0 Å². The second-order valence-corrected chi connectivity index (χ2v) is 8.17. The molecular weight excluding hydrogens is 238 g/mol. The van der Waals surface area contributed by atoms with Crippen molar-refractivity contribution in [3.05, 3.63) is 35.4 Å². The second-order valence-electron chi connectivity index (χ2n) is 6.32. The molecule has 1 nitrogen and oxygen atoms in total. The van der Waals surface area contributed by atoms with Crippen molar-refractivity contribution in [3.8, 4) is 0 Å². The van der Waals surface area contributed by atoms with Crippen LogP contribution in [0, 0.1) is 0 Å². The molecule has 0 radical (unpaired) electrons. The molecule has 0 amide bonds. The summed E-state index contributed by atoms with van der Waals surface area (Å²) in [6, 6.07) is 9.16. The lowest BCUT2D eigenvalue weighted by Gasteiger charge is -2.26. The lowest BCUT2D eigenvalue weighted by Crippen LogP contribution is -2.18. The van der Waals surface area contributed by atoms with E-state index in [4.69, 9.17) is 5.73 Å². The molecule has 1 unspecified atom stereocenters. The Morgan fingerprint density at radius 1 is 1.22 bits per heavy atom. The van der Waals surface area contributed by atoms with Crippen molar-refractivity contribution in [2.45, 2.75) is 56.7 Å². The molecule has 0 aromatic heterocycles. The molecular formula is C16H25NS. The molecule has 0 saturated heterocycles. The summed E-state index contributed by atoms with van der Waals surface area (Å²) >= 11 is 1.94. The number of nitrogens with two attached hydrogens (primary N) is 1. The van der Waals surface area contributed by atoms with E-state index >= 15 is 0 Å². The fourth-order valence-corrected chi connectivity index (χ4v) is 3.06. The summed E-state index contributed by atoms with van der Waals surface area (Å²) in [5.41, 5.74) is 9.03. The highest BCUT2D eigenvalue weighted by atomic mass is 32.2. The van der Waals surface area contributed by atoms with Crippen molar-refractivity contribution in [3.63, 3.8) is 0 Å². The van der Waals surface area contributed by atoms with Crippen LogP contribution in [0.4, 0.5) is 0 Å². The van der Waals surface area contributed by atoms with E-state index in [0.29, 0.717) is 4.75 Å². The quantitative estimate of drug-likeness (QED) is 0.866. The van der Waals surface area contributed by atoms with Crippen molar-refractivity contribution in [1.82, 2.24) is 0 Å². The van der Waals surface area contributed by atoms with E-state index in [0.717, 1.165) is 11.7 Å². The predicted octanol–water partition coefficient (Wildman–Crippen LogP) is 4.49. The van der Waals surface area contributed by atoms with Gasteiger partial charge in [-0.3, -0.25) is 0 Å². The normalized spacial score (nSPS) is 18.4. The molecule has 0 spiro atoms. The Morgan fingerprint density at radius 2 is 1.83 bits per heavy atom. The maximum atomic E-state index is 6.25. The van der Waals surface area contributed by atoms with Crippen molar-refractivity contribution in [1.29, 1.82) is 0 Å². The molecule has 1 aromatic carbocycles. The van der Waals surface area contributed by atoms with E-state index in [-0.39, 0.29) is 6.04 Å². The molecule has 1 atom stereocenters. The maximum Gasteiger partial charge on any atom is 0.0387 e. The van der Waals surface area contributed by atoms with Crippen LogP contribution in [0.25, 0.3) is 0 Å². The summed E-state index contributed by atoms with van der Waals surface area (Å²) in [6.45, 7) is 6.72. The highest BCUT2D eigenvalue weighted by molar-refractivity contribution is 8.00. The lowest BCUT2D eigenvalue weighted by molar-refractivity contribution is 0.419. The minimum absolute atomic E-state index is 0.157. The Hall–Kier alpha value is -0.470. The zero-order chi connectivity index (χ0) is 13.2. The van der Waals surface area contributed by atoms with Crippen LogP contribution < -0.4 is 5.73 Å². The molecule has 0 aliphatic heterocycles. The fourth-order valence-electron chi connectivity index (χ4n) is 2.19. The summed E-state index contributed by atoms with van der Waals surface area (Å²) in [6.07, 6.45) is 4.13. The topological polar surface area (TPSA) is 26.0 Å². The lowest BCUT2D eigenvalue weighted by atomic mass is 9.80. The number of rotatable bonds is 4. The van der Waals surface area contributed by atoms with Crippen LogP contribution in [0.5, 0.6) is 0 Å². The second kappa shape index (κ2) is 5.66. The van der Waals surface area contributed by atoms with Gasteiger partial charge in [0.1, 0.15) is 0 Å². The highest BCUT2D eigenvalue weighted by Gasteiger charge is 2.19. The molecule has 2 heteroatoms. The van der Waals surface area contributed by atoms with Crippen molar-refractivity contribution >= 4 is 11.8 Å². The van der Waals surface area contributed by atoms with Crippen LogP contribution in [0.3, 0.4) is 0 Å². The Morgan fingerprint density at radius 3 is 2.28 bits per heavy atom. The molecule has 1 aliphatic carbocycles. The van der Waals surface area contributed by atoms with Gasteiger partial charge < -0.3 is 5.73 Å². The molecule has 0 heterocycles. The maximum absolute atomic E-state index is 6.25. The summed E-state index contributed by atoms with van der Waals surface area (Å²) in [5, 5.41) is 0. The predicted molar refractivity (Wildman–Crippen MR) is 82.2 cm³/mol. The molecule has 2 N–H and O–H groups in total. The van der Waals surface area contributed by atoms with E-state index in [9.17, 15) is 0 Å². The van der Waals surface area contributed by atoms with E-state index in [2.05, 4.69) is 45.0 Å². The van der Waals surface area contributed by atoms with Crippen LogP contribution in [-0.2, 0) is 0 Å². The summed E-state index contributed by atoms with van der Waals surface area (Å²) < 4.78 is 0.295. The Bertz CT molecular complexity index is 373. The first kappa shape index (κ1) is 14.0. The first-order chi connectivity index (χ1) is 8.46. The average molecular weight is 263 g/mol. The molecule has 100 valence electrons. The van der Waals surface area contributed by atoms with Crippen LogP contribution in [0.1, 0.15) is 63.1 Å². The van der Waals surface area contributed by atoms with Crippen LogP contribution in [0.15, 0.2) is 24.3 Å². The summed E-state index contributed by atoms with van der Waals surface area (Å²) in [5.74, 6) is 1.81. The average Bonchev–Trinajstić information content (AvgIpc) is 2.23. The van der Waals surface area contributed by atoms with Crippen LogP contribution in [0.2, 0.25) is 0 Å². The smallest absolute Gasteiger partial charge is 0.0387 e. The SMILES string of the molecule is CC(C)(C)SCC(N)c1ccc(C2CCC2)cc1. The standard InChI is InChI=1S/C16H25NS/c1-16(2,3)18-11-15(17)14-9-7-13(8-10-14)12-5-4-6-12/h7-10,12,15H,4-6,11,17H2,1-3H3. The Balaban J connectivity index is 1.91. The van der Waals surface area contributed by atoms with Gasteiger partial charge in [-0.1, -0.05) is 51.5 Å². The van der Waals surface area contributed by atoms with Gasteiger partial charge in [0.2, 0.25) is 0 Å². The van der Waals surface area contributed by atoms with E-state index in [1.807, 2.05) is 11.8 Å². The monoisotopic (exact) mass is 263 g/mol. The first-order valence-electron chi connectivity index (χ1n) is 6.95. The van der Waals surface area contributed by atoms with Gasteiger partial charge >= 0.3 is 0 Å². The molecule has 1 saturated carbocycles. The molecule has 1 aliphatic rings. The van der Waals surface area contributed by atoms with Gasteiger partial charge in [0.25, 0.3) is 0 Å². The first-order valence-corrected chi connectivity index (χ1v) is 7.94. The number of thioether (sulfide) groups is 1. The summed E-state index contributed by atoms with van der Waals surface area (Å²) in [7, 11) is 0. The number of benzene rings is 1. The van der Waals surface area contributed by atoms with Gasteiger partial charge in [-0.05, 0) is 29.9 Å².